The largest absolute Gasteiger partial charge is 0.335 e. The summed E-state index contributed by atoms with van der Waals surface area (Å²) in [5.41, 5.74) is 4.39. The van der Waals surface area contributed by atoms with E-state index in [9.17, 15) is 8.60 Å². The molecule has 26 heavy (non-hydrogen) atoms. The van der Waals surface area contributed by atoms with Crippen LogP contribution in [0.1, 0.15) is 30.4 Å². The maximum Gasteiger partial charge on any atom is 0.305 e. The van der Waals surface area contributed by atoms with Gasteiger partial charge in [0.15, 0.2) is 0 Å². The van der Waals surface area contributed by atoms with Gasteiger partial charge in [-0.05, 0) is 67.5 Å². The third-order valence-electron chi connectivity index (χ3n) is 5.67. The molecule has 2 heterocycles. The molecule has 0 radical (unpaired) electrons. The van der Waals surface area contributed by atoms with Gasteiger partial charge < -0.3 is 4.90 Å². The molecule has 4 unspecified atom stereocenters. The molecule has 1 saturated heterocycles. The Kier molecular flexibility index (Phi) is 4.07. The maximum absolute atomic E-state index is 13.9. The second-order valence-corrected chi connectivity index (χ2v) is 7.96. The SMILES string of the molecule is O=S1OC2CCCC(N3c4ccccc4CCc4cc(F)ccc43)C2O1. The molecule has 2 aromatic rings. The van der Waals surface area contributed by atoms with Gasteiger partial charge >= 0.3 is 11.4 Å². The van der Waals surface area contributed by atoms with Gasteiger partial charge in [-0.1, -0.05) is 18.2 Å². The Labute approximate surface area is 154 Å². The molecule has 0 N–H and O–H groups in total. The Bertz CT molecular complexity index is 874. The van der Waals surface area contributed by atoms with E-state index in [0.717, 1.165) is 49.0 Å². The minimum absolute atomic E-state index is 0.0173. The Hall–Kier alpha value is -1.76. The molecule has 5 rings (SSSR count). The van der Waals surface area contributed by atoms with Gasteiger partial charge in [0.25, 0.3) is 0 Å². The van der Waals surface area contributed by atoms with Crippen molar-refractivity contribution >= 4 is 22.7 Å². The fourth-order valence-corrected chi connectivity index (χ4v) is 5.41. The molecule has 1 saturated carbocycles. The molecule has 1 aliphatic carbocycles. The Morgan fingerprint density at radius 2 is 1.81 bits per heavy atom. The first-order chi connectivity index (χ1) is 12.7. The van der Waals surface area contributed by atoms with Crippen molar-refractivity contribution < 1.29 is 17.0 Å². The van der Waals surface area contributed by atoms with Crippen LogP contribution in [0.4, 0.5) is 15.8 Å². The quantitative estimate of drug-likeness (QED) is 0.758. The summed E-state index contributed by atoms with van der Waals surface area (Å²) in [6.45, 7) is 0. The van der Waals surface area contributed by atoms with Crippen molar-refractivity contribution in [3.63, 3.8) is 0 Å². The zero-order valence-corrected chi connectivity index (χ0v) is 15.1. The number of fused-ring (bicyclic) bond motifs is 3. The van der Waals surface area contributed by atoms with Crippen LogP contribution >= 0.6 is 0 Å². The predicted molar refractivity (Wildman–Crippen MR) is 97.9 cm³/mol. The molecule has 3 aliphatic rings. The fraction of sp³-hybridized carbons (Fsp3) is 0.400. The number of hydrogen-bond acceptors (Lipinski definition) is 4. The minimum Gasteiger partial charge on any atom is -0.335 e. The number of rotatable bonds is 1. The molecule has 4 nitrogen and oxygen atoms in total. The highest BCUT2D eigenvalue weighted by Gasteiger charge is 2.46. The highest BCUT2D eigenvalue weighted by Crippen LogP contribution is 2.43. The number of hydrogen-bond donors (Lipinski definition) is 0. The van der Waals surface area contributed by atoms with Crippen LogP contribution in [-0.2, 0) is 32.6 Å². The average Bonchev–Trinajstić information content (AvgIpc) is 2.95. The van der Waals surface area contributed by atoms with E-state index in [4.69, 9.17) is 8.37 Å². The Morgan fingerprint density at radius 1 is 1.00 bits per heavy atom. The molecule has 0 spiro atoms. The van der Waals surface area contributed by atoms with E-state index >= 15 is 0 Å². The topological polar surface area (TPSA) is 38.8 Å². The van der Waals surface area contributed by atoms with Crippen LogP contribution < -0.4 is 4.90 Å². The first-order valence-corrected chi connectivity index (χ1v) is 10.1. The molecular formula is C20H20FNO3S. The van der Waals surface area contributed by atoms with Gasteiger partial charge in [-0.3, -0.25) is 8.37 Å². The number of nitrogens with zero attached hydrogens (tertiary/aromatic N) is 1. The molecule has 2 aromatic carbocycles. The third kappa shape index (κ3) is 2.68. The van der Waals surface area contributed by atoms with Crippen LogP contribution in [0.2, 0.25) is 0 Å². The summed E-state index contributed by atoms with van der Waals surface area (Å²) in [4.78, 5) is 2.28. The van der Waals surface area contributed by atoms with Crippen LogP contribution in [0.25, 0.3) is 0 Å². The lowest BCUT2D eigenvalue weighted by Gasteiger charge is -2.41. The number of anilines is 2. The van der Waals surface area contributed by atoms with E-state index in [0.29, 0.717) is 0 Å². The predicted octanol–water partition coefficient (Wildman–Crippen LogP) is 3.98. The number of halogens is 1. The molecule has 136 valence electrons. The zero-order valence-electron chi connectivity index (χ0n) is 14.3. The van der Waals surface area contributed by atoms with Gasteiger partial charge in [0, 0.05) is 11.4 Å². The highest BCUT2D eigenvalue weighted by atomic mass is 32.2. The molecule has 0 amide bonds. The maximum atomic E-state index is 13.9. The molecule has 2 aliphatic heterocycles. The highest BCUT2D eigenvalue weighted by molar-refractivity contribution is 7.75. The lowest BCUT2D eigenvalue weighted by molar-refractivity contribution is 0.0920. The van der Waals surface area contributed by atoms with Crippen LogP contribution in [0.15, 0.2) is 42.5 Å². The smallest absolute Gasteiger partial charge is 0.305 e. The summed E-state index contributed by atoms with van der Waals surface area (Å²) in [6, 6.07) is 13.4. The van der Waals surface area contributed by atoms with Crippen molar-refractivity contribution in [1.82, 2.24) is 0 Å². The summed E-state index contributed by atoms with van der Waals surface area (Å²) in [5, 5.41) is 0. The third-order valence-corrected chi connectivity index (χ3v) is 6.46. The van der Waals surface area contributed by atoms with Crippen molar-refractivity contribution in [1.29, 1.82) is 0 Å². The zero-order chi connectivity index (χ0) is 17.7. The average molecular weight is 373 g/mol. The molecular weight excluding hydrogens is 353 g/mol. The van der Waals surface area contributed by atoms with Gasteiger partial charge in [0.05, 0.1) is 6.04 Å². The first-order valence-electron chi connectivity index (χ1n) is 9.12. The van der Waals surface area contributed by atoms with Gasteiger partial charge in [-0.15, -0.1) is 0 Å². The summed E-state index contributed by atoms with van der Waals surface area (Å²) < 4.78 is 36.9. The van der Waals surface area contributed by atoms with E-state index < -0.39 is 11.4 Å². The summed E-state index contributed by atoms with van der Waals surface area (Å²) in [7, 11) is 0. The summed E-state index contributed by atoms with van der Waals surface area (Å²) in [6.07, 6.45) is 4.05. The monoisotopic (exact) mass is 373 g/mol. The lowest BCUT2D eigenvalue weighted by atomic mass is 9.88. The summed E-state index contributed by atoms with van der Waals surface area (Å²) in [5.74, 6) is -0.210. The molecule has 0 bridgehead atoms. The number of benzene rings is 2. The summed E-state index contributed by atoms with van der Waals surface area (Å²) >= 11 is -1.68. The lowest BCUT2D eigenvalue weighted by Crippen LogP contribution is -2.48. The number of aryl methyl sites for hydroxylation is 2. The van der Waals surface area contributed by atoms with E-state index in [1.165, 1.54) is 11.6 Å². The fourth-order valence-electron chi connectivity index (χ4n) is 4.53. The molecule has 2 fully saturated rings. The van der Waals surface area contributed by atoms with Gasteiger partial charge in [-0.2, -0.15) is 4.21 Å². The van der Waals surface area contributed by atoms with Gasteiger partial charge in [0.2, 0.25) is 0 Å². The molecule has 0 aromatic heterocycles. The van der Waals surface area contributed by atoms with E-state index in [-0.39, 0.29) is 24.1 Å². The van der Waals surface area contributed by atoms with Crippen molar-refractivity contribution in [2.24, 2.45) is 0 Å². The van der Waals surface area contributed by atoms with Crippen LogP contribution in [0, 0.1) is 5.82 Å². The van der Waals surface area contributed by atoms with Crippen molar-refractivity contribution in [3.8, 4) is 0 Å². The van der Waals surface area contributed by atoms with Crippen molar-refractivity contribution in [2.75, 3.05) is 4.90 Å². The van der Waals surface area contributed by atoms with Crippen LogP contribution in [0.3, 0.4) is 0 Å². The minimum atomic E-state index is -1.68. The van der Waals surface area contributed by atoms with Gasteiger partial charge in [-0.25, -0.2) is 4.39 Å². The molecule has 6 heteroatoms. The second kappa shape index (κ2) is 6.44. The first kappa shape index (κ1) is 16.4. The van der Waals surface area contributed by atoms with Crippen molar-refractivity contribution in [3.05, 3.63) is 59.4 Å². The van der Waals surface area contributed by atoms with E-state index in [2.05, 4.69) is 17.0 Å². The standard InChI is InChI=1S/C20H20FNO3S/c21-15-10-11-17-14(12-15)9-8-13-4-1-2-5-16(13)22(17)18-6-3-7-19-20(18)25-26(23)24-19/h1-2,4-5,10-12,18-20H,3,6-9H2. The Morgan fingerprint density at radius 3 is 2.73 bits per heavy atom. The number of para-hydroxylation sites is 1. The van der Waals surface area contributed by atoms with E-state index in [1.54, 1.807) is 6.07 Å². The van der Waals surface area contributed by atoms with Crippen LogP contribution in [0.5, 0.6) is 0 Å². The van der Waals surface area contributed by atoms with E-state index in [1.807, 2.05) is 18.2 Å². The van der Waals surface area contributed by atoms with Crippen LogP contribution in [-0.4, -0.2) is 22.5 Å². The normalized spacial score (nSPS) is 30.3. The molecule has 4 atom stereocenters. The van der Waals surface area contributed by atoms with Crippen molar-refractivity contribution in [2.45, 2.75) is 50.4 Å². The van der Waals surface area contributed by atoms with Gasteiger partial charge in [0.1, 0.15) is 18.0 Å². The second-order valence-electron chi connectivity index (χ2n) is 7.17. The Balaban J connectivity index is 1.66.